The number of anilines is 6. The number of amides is 7. The highest BCUT2D eigenvalue weighted by molar-refractivity contribution is 6.33. The summed E-state index contributed by atoms with van der Waals surface area (Å²) in [6, 6.07) is 18.9. The number of carbonyl (C=O) groups excluding carboxylic acids is 4. The van der Waals surface area contributed by atoms with Crippen molar-refractivity contribution >= 4 is 92.3 Å². The van der Waals surface area contributed by atoms with E-state index >= 15 is 0 Å². The van der Waals surface area contributed by atoms with Crippen molar-refractivity contribution in [3.05, 3.63) is 164 Å². The second-order valence-electron chi connectivity index (χ2n) is 18.4. The first kappa shape index (κ1) is 57.0. The van der Waals surface area contributed by atoms with Gasteiger partial charge in [-0.15, -0.1) is 0 Å². The van der Waals surface area contributed by atoms with Crippen LogP contribution in [-0.2, 0) is 29.2 Å². The molecule has 1 fully saturated rings. The predicted molar refractivity (Wildman–Crippen MR) is 300 cm³/mol. The summed E-state index contributed by atoms with van der Waals surface area (Å²) >= 11 is 6.37. The molecule has 9 rings (SSSR count). The van der Waals surface area contributed by atoms with Crippen molar-refractivity contribution in [2.45, 2.75) is 40.4 Å². The summed E-state index contributed by atoms with van der Waals surface area (Å²) in [5.41, 5.74) is 2.49. The van der Waals surface area contributed by atoms with Crippen molar-refractivity contribution in [3.8, 4) is 22.3 Å². The summed E-state index contributed by atoms with van der Waals surface area (Å²) < 4.78 is 65.9. The Hall–Kier alpha value is -9.19. The summed E-state index contributed by atoms with van der Waals surface area (Å²) in [6.07, 6.45) is 3.52. The number of carbonyl (C=O) groups is 4. The minimum atomic E-state index is -0.811. The maximum atomic E-state index is 14.9. The molecule has 0 radical (unpaired) electrons. The molecule has 24 heteroatoms. The van der Waals surface area contributed by atoms with E-state index in [1.54, 1.807) is 58.4 Å². The van der Waals surface area contributed by atoms with Gasteiger partial charge in [-0.2, -0.15) is 0 Å². The first-order valence-corrected chi connectivity index (χ1v) is 25.3. The summed E-state index contributed by atoms with van der Waals surface area (Å²) in [5.74, 6) is -1.87. The van der Waals surface area contributed by atoms with Gasteiger partial charge in [-0.05, 0) is 105 Å². The fraction of sp³-hybridized carbons (Fsp3) is 0.214. The van der Waals surface area contributed by atoms with Crippen LogP contribution in [-0.4, -0.2) is 93.8 Å². The minimum Gasteiger partial charge on any atom is -0.379 e. The van der Waals surface area contributed by atoms with E-state index in [9.17, 15) is 46.3 Å². The van der Waals surface area contributed by atoms with Gasteiger partial charge in [-0.25, -0.2) is 41.9 Å². The van der Waals surface area contributed by atoms with Crippen LogP contribution in [0.1, 0.15) is 25.0 Å². The van der Waals surface area contributed by atoms with Gasteiger partial charge in [-0.1, -0.05) is 17.7 Å². The number of nitrogens with one attached hydrogen (secondary N) is 6. The van der Waals surface area contributed by atoms with Crippen LogP contribution in [0.15, 0.2) is 113 Å². The monoisotopic (exact) mass is 1120 g/mol. The molecule has 0 spiro atoms. The quantitative estimate of drug-likeness (QED) is 0.0473. The smallest absolute Gasteiger partial charge is 0.323 e. The first-order chi connectivity index (χ1) is 38.3. The summed E-state index contributed by atoms with van der Waals surface area (Å²) in [7, 11) is 3.20. The van der Waals surface area contributed by atoms with E-state index in [1.165, 1.54) is 74.8 Å². The lowest BCUT2D eigenvalue weighted by Gasteiger charge is -2.26. The van der Waals surface area contributed by atoms with E-state index in [-0.39, 0.29) is 56.2 Å². The Morgan fingerprint density at radius 2 is 1.23 bits per heavy atom. The van der Waals surface area contributed by atoms with Crippen LogP contribution >= 0.6 is 11.6 Å². The molecule has 0 atom stereocenters. The average molecular weight is 1120 g/mol. The van der Waals surface area contributed by atoms with Crippen molar-refractivity contribution in [1.82, 2.24) is 28.9 Å². The van der Waals surface area contributed by atoms with Crippen LogP contribution in [0.5, 0.6) is 0 Å². The standard InChI is InChI=1S/C29H27ClF2N6O4.C27H26F2N6O3/c1-2-38-26-13-27(34-16-39)33-14-17(26)10-21(28(38)40)20-11-25(24(32)12-22(20)30)36-29(41)35-19-3-4-23(31)18(9-19)15-37-5-7-42-8-6-37;1-5-35-23-13-24(33-27(38)34(3)4)30-14-16(23)10-20(25(35)36)19-12-22(21(29)9-15(19)2)32-26(37)31-18-8-6-7-17(28)11-18/h3-4,9-14,16H,2,5-8,15H2,1H3,(H,33,34,39)(H2,35,36,41);6-14H,5H2,1-4H3,(H,30,33,38)(H2,31,32,37). The van der Waals surface area contributed by atoms with E-state index in [2.05, 4.69) is 41.9 Å². The largest absolute Gasteiger partial charge is 0.379 e. The lowest BCUT2D eigenvalue weighted by molar-refractivity contribution is -0.105. The summed E-state index contributed by atoms with van der Waals surface area (Å²) in [6.45, 7) is 8.71. The van der Waals surface area contributed by atoms with Gasteiger partial charge in [0.15, 0.2) is 0 Å². The van der Waals surface area contributed by atoms with Crippen LogP contribution in [0.2, 0.25) is 5.02 Å². The molecular weight excluding hydrogens is 1060 g/mol. The molecule has 414 valence electrons. The molecule has 1 saturated heterocycles. The number of morpholine rings is 1. The highest BCUT2D eigenvalue weighted by Gasteiger charge is 2.21. The molecule has 6 N–H and O–H groups in total. The number of benzene rings is 4. The maximum absolute atomic E-state index is 14.9. The topological polar surface area (TPSA) is 226 Å². The zero-order valence-electron chi connectivity index (χ0n) is 43.8. The molecule has 5 heterocycles. The van der Waals surface area contributed by atoms with Crippen LogP contribution in [0.25, 0.3) is 44.1 Å². The Morgan fingerprint density at radius 3 is 1.81 bits per heavy atom. The Balaban J connectivity index is 0.000000211. The third-order valence-electron chi connectivity index (χ3n) is 12.8. The Bertz CT molecular complexity index is 3840. The van der Waals surface area contributed by atoms with Crippen molar-refractivity contribution in [1.29, 1.82) is 0 Å². The van der Waals surface area contributed by atoms with Gasteiger partial charge >= 0.3 is 18.1 Å². The number of aryl methyl sites for hydroxylation is 3. The molecule has 80 heavy (non-hydrogen) atoms. The molecule has 0 saturated carbocycles. The van der Waals surface area contributed by atoms with Gasteiger partial charge in [0.05, 0.1) is 40.6 Å². The number of hydrogen-bond acceptors (Lipinski definition) is 10. The number of pyridine rings is 4. The second-order valence-corrected chi connectivity index (χ2v) is 18.8. The van der Waals surface area contributed by atoms with Crippen molar-refractivity contribution in [2.24, 2.45) is 0 Å². The molecule has 0 bridgehead atoms. The van der Waals surface area contributed by atoms with Crippen molar-refractivity contribution in [2.75, 3.05) is 72.3 Å². The number of hydrogen-bond donors (Lipinski definition) is 6. The second kappa shape index (κ2) is 25.1. The molecule has 1 aliphatic rings. The first-order valence-electron chi connectivity index (χ1n) is 24.9. The molecule has 19 nitrogen and oxygen atoms in total. The summed E-state index contributed by atoms with van der Waals surface area (Å²) in [4.78, 5) is 87.0. The van der Waals surface area contributed by atoms with E-state index in [1.807, 2.05) is 11.8 Å². The van der Waals surface area contributed by atoms with Crippen LogP contribution in [0, 0.1) is 30.2 Å². The normalized spacial score (nSPS) is 12.3. The van der Waals surface area contributed by atoms with Crippen molar-refractivity contribution < 1.29 is 41.5 Å². The van der Waals surface area contributed by atoms with Gasteiger partial charge < -0.3 is 45.4 Å². The zero-order chi connectivity index (χ0) is 57.4. The molecule has 7 amide bonds. The lowest BCUT2D eigenvalue weighted by Crippen LogP contribution is -2.35. The lowest BCUT2D eigenvalue weighted by atomic mass is 9.99. The van der Waals surface area contributed by atoms with Gasteiger partial charge in [0.25, 0.3) is 11.1 Å². The third-order valence-corrected chi connectivity index (χ3v) is 13.1. The molecule has 1 aliphatic heterocycles. The van der Waals surface area contributed by atoms with E-state index in [0.29, 0.717) is 102 Å². The Morgan fingerprint density at radius 1 is 0.662 bits per heavy atom. The Kier molecular flexibility index (Phi) is 17.9. The number of nitrogens with zero attached hydrogens (tertiary/aromatic N) is 6. The van der Waals surface area contributed by atoms with Gasteiger partial charge in [0.1, 0.15) is 34.9 Å². The SMILES string of the molecule is CCn1c(=O)c(-c2cc(NC(=O)Nc3ccc(F)c(CN4CCOCC4)c3)c(F)cc2Cl)cc2cnc(NC=O)cc21.CCn1c(=O)c(-c2cc(NC(=O)Nc3cccc(F)c3)c(F)cc2C)cc2cnc(NC(=O)N(C)C)cc21. The molecule has 0 unspecified atom stereocenters. The van der Waals surface area contributed by atoms with E-state index in [4.69, 9.17) is 16.3 Å². The highest BCUT2D eigenvalue weighted by atomic mass is 35.5. The molecule has 4 aromatic heterocycles. The van der Waals surface area contributed by atoms with Gasteiger partial charge in [-0.3, -0.25) is 24.6 Å². The van der Waals surface area contributed by atoms with Crippen molar-refractivity contribution in [3.63, 3.8) is 0 Å². The predicted octanol–water partition coefficient (Wildman–Crippen LogP) is 10.5. The van der Waals surface area contributed by atoms with E-state index < -0.39 is 40.9 Å². The fourth-order valence-corrected chi connectivity index (χ4v) is 9.06. The number of rotatable bonds is 13. The fourth-order valence-electron chi connectivity index (χ4n) is 8.81. The van der Waals surface area contributed by atoms with Crippen LogP contribution in [0.4, 0.5) is 66.3 Å². The van der Waals surface area contributed by atoms with Gasteiger partial charge in [0.2, 0.25) is 6.41 Å². The summed E-state index contributed by atoms with van der Waals surface area (Å²) in [5, 5.41) is 16.2. The number of urea groups is 3. The van der Waals surface area contributed by atoms with Crippen LogP contribution in [0.3, 0.4) is 0 Å². The molecule has 0 aliphatic carbocycles. The average Bonchev–Trinajstić information content (AvgIpc) is 3.44. The Labute approximate surface area is 459 Å². The number of fused-ring (bicyclic) bond motifs is 2. The highest BCUT2D eigenvalue weighted by Crippen LogP contribution is 2.34. The minimum absolute atomic E-state index is 0.0314. The van der Waals surface area contributed by atoms with E-state index in [0.717, 1.165) is 12.1 Å². The molecular formula is C56H53ClF4N12O7. The zero-order valence-corrected chi connectivity index (χ0v) is 44.5. The molecule has 8 aromatic rings. The third kappa shape index (κ3) is 13.2. The molecule has 4 aromatic carbocycles. The number of halogens is 5. The van der Waals surface area contributed by atoms with Crippen LogP contribution < -0.4 is 43.0 Å². The number of aromatic nitrogens is 4. The maximum Gasteiger partial charge on any atom is 0.323 e. The number of ether oxygens (including phenoxy) is 1. The van der Waals surface area contributed by atoms with Gasteiger partial charge in [0, 0.05) is 116 Å².